The van der Waals surface area contributed by atoms with Crippen LogP contribution in [-0.4, -0.2) is 8.07 Å². The van der Waals surface area contributed by atoms with Gasteiger partial charge >= 0.3 is 0 Å². The van der Waals surface area contributed by atoms with E-state index in [1.807, 2.05) is 13.0 Å². The summed E-state index contributed by atoms with van der Waals surface area (Å²) >= 11 is 3.17. The van der Waals surface area contributed by atoms with Crippen molar-refractivity contribution in [3.05, 3.63) is 56.8 Å². The van der Waals surface area contributed by atoms with Gasteiger partial charge in [0, 0.05) is 9.40 Å². The number of hydrogen-bond acceptors (Lipinski definition) is 2. The third-order valence-electron chi connectivity index (χ3n) is 3.72. The molecule has 3 rings (SSSR count). The normalized spacial score (nSPS) is 11.0. The van der Waals surface area contributed by atoms with Crippen molar-refractivity contribution in [1.82, 2.24) is 0 Å². The highest BCUT2D eigenvalue weighted by Gasteiger charge is 2.10. The fourth-order valence-electron chi connectivity index (χ4n) is 2.51. The summed E-state index contributed by atoms with van der Waals surface area (Å²) in [6, 6.07) is 6.81. The Morgan fingerprint density at radius 3 is 1.93 bits per heavy atom. The predicted molar refractivity (Wildman–Crippen MR) is 116 cm³/mol. The largest absolute Gasteiger partial charge is 0.206 e. The van der Waals surface area contributed by atoms with E-state index in [1.54, 1.807) is 11.3 Å². The van der Waals surface area contributed by atoms with E-state index in [2.05, 4.69) is 49.0 Å². The van der Waals surface area contributed by atoms with Crippen LogP contribution in [0, 0.1) is 34.9 Å². The van der Waals surface area contributed by atoms with Crippen molar-refractivity contribution in [1.29, 1.82) is 0 Å². The molecule has 0 unspecified atom stereocenters. The van der Waals surface area contributed by atoms with Crippen LogP contribution in [0.5, 0.6) is 0 Å². The Hall–Kier alpha value is -1.92. The molecule has 0 fully saturated rings. The second-order valence-electron chi connectivity index (χ2n) is 7.38. The van der Waals surface area contributed by atoms with E-state index in [4.69, 9.17) is 0 Å². The fourth-order valence-corrected chi connectivity index (χ4v) is 5.21. The highest BCUT2D eigenvalue weighted by atomic mass is 32.1. The molecule has 0 amide bonds. The van der Waals surface area contributed by atoms with Crippen LogP contribution in [-0.2, 0) is 6.42 Å². The summed E-state index contributed by atoms with van der Waals surface area (Å²) in [7, 11) is -1.39. The first kappa shape index (κ1) is 19.8. The van der Waals surface area contributed by atoms with E-state index in [0.29, 0.717) is 12.0 Å². The van der Waals surface area contributed by atoms with Gasteiger partial charge in [-0.1, -0.05) is 50.7 Å². The Labute approximate surface area is 168 Å². The molecule has 0 nitrogen and oxygen atoms in total. The Bertz CT molecular complexity index is 1050. The van der Waals surface area contributed by atoms with Crippen LogP contribution < -0.4 is 0 Å². The summed E-state index contributed by atoms with van der Waals surface area (Å²) in [5.41, 5.74) is 3.88. The zero-order valence-electron chi connectivity index (χ0n) is 15.8. The molecular weight excluding hydrogens is 394 g/mol. The third kappa shape index (κ3) is 5.08. The average Bonchev–Trinajstić information content (AvgIpc) is 3.10. The molecule has 0 N–H and O–H groups in total. The van der Waals surface area contributed by atoms with Gasteiger partial charge in [0.15, 0.2) is 0 Å². The van der Waals surface area contributed by atoms with Crippen LogP contribution in [0.1, 0.15) is 34.2 Å². The van der Waals surface area contributed by atoms with Crippen molar-refractivity contribution in [2.24, 2.45) is 0 Å². The van der Waals surface area contributed by atoms with Crippen LogP contribution in [0.3, 0.4) is 0 Å². The summed E-state index contributed by atoms with van der Waals surface area (Å²) in [6.07, 6.45) is 1.51. The molecule has 3 aromatic rings. The van der Waals surface area contributed by atoms with Gasteiger partial charge in [-0.05, 0) is 36.2 Å². The zero-order chi connectivity index (χ0) is 19.6. The first-order valence-electron chi connectivity index (χ1n) is 8.81. The quantitative estimate of drug-likeness (QED) is 0.319. The van der Waals surface area contributed by atoms with E-state index in [1.165, 1.54) is 23.5 Å². The minimum absolute atomic E-state index is 0.159. The molecule has 0 bridgehead atoms. The smallest absolute Gasteiger partial charge is 0.142 e. The molecule has 0 radical (unpaired) electrons. The standard InChI is InChI=1S/C22H20F2S2Si/c1-5-6-15-11-19(23)18(20(24)12-15)8-7-16-13-21-22(25-16)14-17(26-21)9-10-27(2,3)4/h11-14H,5-6H2,1-4H3. The third-order valence-corrected chi connectivity index (χ3v) is 6.72. The Morgan fingerprint density at radius 2 is 1.41 bits per heavy atom. The first-order chi connectivity index (χ1) is 12.7. The van der Waals surface area contributed by atoms with Gasteiger partial charge in [-0.3, -0.25) is 0 Å². The van der Waals surface area contributed by atoms with Crippen LogP contribution >= 0.6 is 22.7 Å². The topological polar surface area (TPSA) is 0 Å². The van der Waals surface area contributed by atoms with Crippen molar-refractivity contribution < 1.29 is 8.78 Å². The molecule has 27 heavy (non-hydrogen) atoms. The summed E-state index contributed by atoms with van der Waals surface area (Å²) < 4.78 is 30.6. The predicted octanol–water partition coefficient (Wildman–Crippen LogP) is 6.82. The van der Waals surface area contributed by atoms with Crippen molar-refractivity contribution in [2.45, 2.75) is 39.4 Å². The summed E-state index contributed by atoms with van der Waals surface area (Å²) in [4.78, 5) is 1.86. The van der Waals surface area contributed by atoms with Gasteiger partial charge < -0.3 is 0 Å². The fraction of sp³-hybridized carbons (Fsp3) is 0.273. The molecule has 0 aliphatic rings. The molecule has 138 valence electrons. The van der Waals surface area contributed by atoms with E-state index in [-0.39, 0.29) is 5.56 Å². The van der Waals surface area contributed by atoms with Crippen LogP contribution in [0.4, 0.5) is 8.78 Å². The van der Waals surface area contributed by atoms with Crippen molar-refractivity contribution in [3.8, 4) is 23.3 Å². The number of thiophene rings is 2. The monoisotopic (exact) mass is 414 g/mol. The molecule has 0 saturated heterocycles. The van der Waals surface area contributed by atoms with Crippen molar-refractivity contribution in [3.63, 3.8) is 0 Å². The summed E-state index contributed by atoms with van der Waals surface area (Å²) in [5, 5.41) is 0. The maximum Gasteiger partial charge on any atom is 0.142 e. The highest BCUT2D eigenvalue weighted by molar-refractivity contribution is 7.28. The number of benzene rings is 1. The molecular formula is C22H20F2S2Si. The number of rotatable bonds is 2. The van der Waals surface area contributed by atoms with E-state index in [0.717, 1.165) is 25.6 Å². The van der Waals surface area contributed by atoms with Crippen molar-refractivity contribution >= 4 is 40.1 Å². The van der Waals surface area contributed by atoms with E-state index >= 15 is 0 Å². The average molecular weight is 415 g/mol. The lowest BCUT2D eigenvalue weighted by atomic mass is 10.1. The molecule has 0 aliphatic carbocycles. The zero-order valence-corrected chi connectivity index (χ0v) is 18.4. The van der Waals surface area contributed by atoms with Crippen molar-refractivity contribution in [2.75, 3.05) is 0 Å². The molecule has 0 spiro atoms. The molecule has 5 heteroatoms. The summed E-state index contributed by atoms with van der Waals surface area (Å²) in [6.45, 7) is 8.64. The molecule has 1 aromatic carbocycles. The van der Waals surface area contributed by atoms with Crippen LogP contribution in [0.25, 0.3) is 9.40 Å². The van der Waals surface area contributed by atoms with Gasteiger partial charge in [0.1, 0.15) is 19.7 Å². The molecule has 0 aliphatic heterocycles. The van der Waals surface area contributed by atoms with Crippen LogP contribution in [0.15, 0.2) is 24.3 Å². The number of fused-ring (bicyclic) bond motifs is 1. The van der Waals surface area contributed by atoms with Gasteiger partial charge in [-0.15, -0.1) is 28.2 Å². The maximum absolute atomic E-state index is 14.2. The van der Waals surface area contributed by atoms with Gasteiger partial charge in [-0.25, -0.2) is 8.78 Å². The lowest BCUT2D eigenvalue weighted by Crippen LogP contribution is -2.16. The number of halogens is 2. The number of hydrogen-bond donors (Lipinski definition) is 0. The minimum Gasteiger partial charge on any atom is -0.206 e. The van der Waals surface area contributed by atoms with E-state index in [9.17, 15) is 8.78 Å². The Balaban J connectivity index is 1.86. The lowest BCUT2D eigenvalue weighted by Gasteiger charge is -2.02. The Kier molecular flexibility index (Phi) is 5.86. The highest BCUT2D eigenvalue weighted by Crippen LogP contribution is 2.32. The van der Waals surface area contributed by atoms with Gasteiger partial charge in [-0.2, -0.15) is 0 Å². The second kappa shape index (κ2) is 7.98. The second-order valence-corrected chi connectivity index (χ2v) is 14.3. The molecule has 0 saturated carbocycles. The Morgan fingerprint density at radius 1 is 0.852 bits per heavy atom. The number of aryl methyl sites for hydroxylation is 1. The van der Waals surface area contributed by atoms with E-state index < -0.39 is 19.7 Å². The van der Waals surface area contributed by atoms with Gasteiger partial charge in [0.05, 0.1) is 15.3 Å². The van der Waals surface area contributed by atoms with Crippen LogP contribution in [0.2, 0.25) is 19.6 Å². The minimum atomic E-state index is -1.39. The van der Waals surface area contributed by atoms with Gasteiger partial charge in [0.25, 0.3) is 0 Å². The van der Waals surface area contributed by atoms with Gasteiger partial charge in [0.2, 0.25) is 0 Å². The molecule has 2 aromatic heterocycles. The lowest BCUT2D eigenvalue weighted by molar-refractivity contribution is 0.573. The SMILES string of the molecule is CCCc1cc(F)c(C#Cc2cc3sc(C#C[Si](C)(C)C)cc3s2)c(F)c1. The molecule has 0 atom stereocenters. The molecule has 2 heterocycles. The first-order valence-corrected chi connectivity index (χ1v) is 13.9. The summed E-state index contributed by atoms with van der Waals surface area (Å²) in [5.74, 6) is 7.67. The maximum atomic E-state index is 14.2.